The number of aromatic nitrogens is 4. The monoisotopic (exact) mass is 558 g/mol. The van der Waals surface area contributed by atoms with Crippen molar-refractivity contribution in [3.8, 4) is 22.9 Å². The second kappa shape index (κ2) is 10.4. The first-order valence-electron chi connectivity index (χ1n) is 12.9. The molecule has 41 heavy (non-hydrogen) atoms. The van der Waals surface area contributed by atoms with Crippen LogP contribution in [0.1, 0.15) is 29.8 Å². The Kier molecular flexibility index (Phi) is 6.58. The predicted molar refractivity (Wildman–Crippen MR) is 162 cm³/mol. The Morgan fingerprint density at radius 2 is 1.78 bits per heavy atom. The number of nitrogens with zero attached hydrogens (tertiary/aromatic N) is 4. The maximum Gasteiger partial charge on any atom is 0.263 e. The maximum atomic E-state index is 14.5. The lowest BCUT2D eigenvalue weighted by Gasteiger charge is -2.24. The van der Waals surface area contributed by atoms with Crippen molar-refractivity contribution in [2.24, 2.45) is 0 Å². The number of H-pyrrole nitrogens is 1. The summed E-state index contributed by atoms with van der Waals surface area (Å²) in [6.45, 7) is 3.78. The van der Waals surface area contributed by atoms with E-state index in [1.807, 2.05) is 68.4 Å². The minimum atomic E-state index is -0.544. The number of aromatic amines is 1. The summed E-state index contributed by atoms with van der Waals surface area (Å²) in [5.41, 5.74) is 4.06. The summed E-state index contributed by atoms with van der Waals surface area (Å²) in [4.78, 5) is 38.7. The number of nitrogens with one attached hydrogen (secondary N) is 2. The largest absolute Gasteiger partial charge is 0.361 e. The molecule has 200 valence electrons. The molecule has 2 N–H and O–H groups in total. The number of anilines is 1. The third-order valence-electron chi connectivity index (χ3n) is 7.16. The van der Waals surface area contributed by atoms with Crippen LogP contribution in [-0.2, 0) is 0 Å². The molecule has 0 radical (unpaired) electrons. The van der Waals surface area contributed by atoms with Gasteiger partial charge in [-0.3, -0.25) is 14.2 Å². The maximum absolute atomic E-state index is 14.5. The number of rotatable bonds is 5. The zero-order valence-corrected chi connectivity index (χ0v) is 22.9. The lowest BCUT2D eigenvalue weighted by atomic mass is 9.94. The average molecular weight is 559 g/mol. The van der Waals surface area contributed by atoms with Crippen LogP contribution in [0.2, 0.25) is 5.02 Å². The fourth-order valence-corrected chi connectivity index (χ4v) is 5.70. The molecule has 6 aromatic rings. The molecule has 0 aliphatic rings. The molecule has 9 heteroatoms. The molecule has 0 saturated heterocycles. The van der Waals surface area contributed by atoms with Gasteiger partial charge in [-0.15, -0.1) is 0 Å². The summed E-state index contributed by atoms with van der Waals surface area (Å²) in [5.74, 6) is 0.328. The van der Waals surface area contributed by atoms with Gasteiger partial charge in [0, 0.05) is 23.3 Å². The Hall–Kier alpha value is -5.26. The molecule has 1 unspecified atom stereocenters. The van der Waals surface area contributed by atoms with Crippen molar-refractivity contribution in [1.29, 1.82) is 5.26 Å². The topological polar surface area (TPSA) is 116 Å². The van der Waals surface area contributed by atoms with E-state index in [0.717, 1.165) is 16.7 Å². The van der Waals surface area contributed by atoms with Crippen LogP contribution in [0.15, 0.2) is 94.9 Å². The molecular weight excluding hydrogens is 536 g/mol. The fraction of sp³-hybridized carbons (Fsp3) is 0.0938. The molecular formula is C32H23ClN6O2. The Morgan fingerprint density at radius 1 is 0.976 bits per heavy atom. The Labute approximate surface area is 239 Å². The standard InChI is InChI=1S/C32H23ClN6O2/c1-18-15-20(16-34)11-12-22(18)23-9-6-10-24-26(23)32(41)39(21-7-4-3-5-8-21)29(28(24)33)19(2)38-31-27-25(40)13-14-35-30(27)36-17-37-31/h3-15,17,19H,1-2H3,(H2,35,36,37,38,40). The highest BCUT2D eigenvalue weighted by Crippen LogP contribution is 2.37. The minimum Gasteiger partial charge on any atom is -0.361 e. The smallest absolute Gasteiger partial charge is 0.263 e. The molecule has 3 aromatic heterocycles. The van der Waals surface area contributed by atoms with Gasteiger partial charge >= 0.3 is 0 Å². The molecule has 0 aliphatic heterocycles. The average Bonchev–Trinajstić information content (AvgIpc) is 2.99. The Morgan fingerprint density at radius 3 is 2.54 bits per heavy atom. The van der Waals surface area contributed by atoms with Crippen molar-refractivity contribution < 1.29 is 0 Å². The summed E-state index contributed by atoms with van der Waals surface area (Å²) >= 11 is 7.18. The third kappa shape index (κ3) is 4.42. The van der Waals surface area contributed by atoms with Crippen molar-refractivity contribution in [3.63, 3.8) is 0 Å². The van der Waals surface area contributed by atoms with Crippen LogP contribution >= 0.6 is 11.6 Å². The number of para-hydroxylation sites is 1. The van der Waals surface area contributed by atoms with Gasteiger partial charge in [0.25, 0.3) is 5.56 Å². The zero-order valence-electron chi connectivity index (χ0n) is 22.1. The van der Waals surface area contributed by atoms with Gasteiger partial charge in [-0.2, -0.15) is 5.26 Å². The van der Waals surface area contributed by atoms with Crippen LogP contribution in [-0.4, -0.2) is 19.5 Å². The number of hydrogen-bond donors (Lipinski definition) is 2. The number of nitriles is 1. The van der Waals surface area contributed by atoms with E-state index in [1.165, 1.54) is 18.6 Å². The van der Waals surface area contributed by atoms with E-state index in [-0.39, 0.29) is 11.0 Å². The van der Waals surface area contributed by atoms with Gasteiger partial charge < -0.3 is 10.3 Å². The van der Waals surface area contributed by atoms with Crippen molar-refractivity contribution >= 4 is 39.2 Å². The third-order valence-corrected chi connectivity index (χ3v) is 7.55. The van der Waals surface area contributed by atoms with Crippen LogP contribution in [0.5, 0.6) is 0 Å². The molecule has 0 aliphatic carbocycles. The van der Waals surface area contributed by atoms with Crippen LogP contribution in [0.4, 0.5) is 5.82 Å². The highest BCUT2D eigenvalue weighted by molar-refractivity contribution is 6.36. The van der Waals surface area contributed by atoms with E-state index in [4.69, 9.17) is 11.6 Å². The normalized spacial score (nSPS) is 11.9. The van der Waals surface area contributed by atoms with Crippen LogP contribution in [0.3, 0.4) is 0 Å². The molecule has 3 aromatic carbocycles. The Balaban J connectivity index is 1.62. The van der Waals surface area contributed by atoms with Crippen molar-refractivity contribution in [2.45, 2.75) is 19.9 Å². The second-order valence-electron chi connectivity index (χ2n) is 9.70. The van der Waals surface area contributed by atoms with Crippen LogP contribution < -0.4 is 16.3 Å². The summed E-state index contributed by atoms with van der Waals surface area (Å²) in [6, 6.07) is 23.3. The van der Waals surface area contributed by atoms with Gasteiger partial charge in [-0.25, -0.2) is 9.97 Å². The number of halogens is 1. The molecule has 1 atom stereocenters. The highest BCUT2D eigenvalue weighted by atomic mass is 35.5. The molecule has 0 spiro atoms. The first-order chi connectivity index (χ1) is 19.9. The summed E-state index contributed by atoms with van der Waals surface area (Å²) in [6.07, 6.45) is 2.90. The van der Waals surface area contributed by atoms with Crippen LogP contribution in [0.25, 0.3) is 38.6 Å². The molecule has 0 amide bonds. The van der Waals surface area contributed by atoms with Crippen LogP contribution in [0, 0.1) is 18.3 Å². The minimum absolute atomic E-state index is 0.235. The SMILES string of the molecule is Cc1cc(C#N)ccc1-c1cccc2c(Cl)c(C(C)Nc3ncnc4[nH]ccc(=O)c34)n(-c3ccccc3)c(=O)c12. The van der Waals surface area contributed by atoms with Crippen molar-refractivity contribution in [2.75, 3.05) is 5.32 Å². The molecule has 8 nitrogen and oxygen atoms in total. The lowest BCUT2D eigenvalue weighted by Crippen LogP contribution is -2.27. The highest BCUT2D eigenvalue weighted by Gasteiger charge is 2.24. The van der Waals surface area contributed by atoms with Gasteiger partial charge in [0.05, 0.1) is 33.8 Å². The number of pyridine rings is 2. The zero-order chi connectivity index (χ0) is 28.7. The van der Waals surface area contributed by atoms with E-state index in [9.17, 15) is 14.9 Å². The quantitative estimate of drug-likeness (QED) is 0.256. The van der Waals surface area contributed by atoms with E-state index in [1.54, 1.807) is 16.7 Å². The van der Waals surface area contributed by atoms with E-state index in [0.29, 0.717) is 49.6 Å². The number of hydrogen-bond acceptors (Lipinski definition) is 6. The number of fused-ring (bicyclic) bond motifs is 2. The Bertz CT molecular complexity index is 2120. The summed E-state index contributed by atoms with van der Waals surface area (Å²) in [5, 5.41) is 14.4. The predicted octanol–water partition coefficient (Wildman–Crippen LogP) is 6.30. The van der Waals surface area contributed by atoms with Crippen molar-refractivity contribution in [1.82, 2.24) is 19.5 Å². The molecule has 3 heterocycles. The van der Waals surface area contributed by atoms with Gasteiger partial charge in [-0.1, -0.05) is 54.1 Å². The molecule has 0 bridgehead atoms. The van der Waals surface area contributed by atoms with E-state index >= 15 is 0 Å². The molecule has 6 rings (SSSR count). The summed E-state index contributed by atoms with van der Waals surface area (Å²) in [7, 11) is 0. The van der Waals surface area contributed by atoms with Crippen molar-refractivity contribution in [3.05, 3.63) is 128 Å². The van der Waals surface area contributed by atoms with E-state index < -0.39 is 6.04 Å². The number of aryl methyl sites for hydroxylation is 1. The fourth-order valence-electron chi connectivity index (χ4n) is 5.29. The second-order valence-corrected chi connectivity index (χ2v) is 10.1. The first-order valence-corrected chi connectivity index (χ1v) is 13.3. The number of benzene rings is 3. The van der Waals surface area contributed by atoms with Gasteiger partial charge in [0.2, 0.25) is 0 Å². The van der Waals surface area contributed by atoms with E-state index in [2.05, 4.69) is 26.3 Å². The molecule has 0 fully saturated rings. The first kappa shape index (κ1) is 26.0. The summed E-state index contributed by atoms with van der Waals surface area (Å²) < 4.78 is 1.61. The van der Waals surface area contributed by atoms with Gasteiger partial charge in [0.15, 0.2) is 5.43 Å². The molecule has 0 saturated carbocycles. The lowest BCUT2D eigenvalue weighted by molar-refractivity contribution is 0.774. The van der Waals surface area contributed by atoms with Gasteiger partial charge in [0.1, 0.15) is 23.2 Å². The van der Waals surface area contributed by atoms with Gasteiger partial charge in [-0.05, 0) is 54.8 Å².